The third kappa shape index (κ3) is 5.27. The molecule has 2 aromatic heterocycles. The summed E-state index contributed by atoms with van der Waals surface area (Å²) in [6.45, 7) is 4.32. The first-order valence-electron chi connectivity index (χ1n) is 12.7. The SMILES string of the molecule is CC(=O)c1cnn2c(N(Cc3ccccc3)S(N)(=O)=O)c(C(=O)N3CCC(c4ccccc4)C(C)C3)cnc12. The number of rotatable bonds is 7. The lowest BCUT2D eigenvalue weighted by Crippen LogP contribution is -2.44. The molecule has 10 nitrogen and oxygen atoms in total. The molecule has 0 radical (unpaired) electrons. The van der Waals surface area contributed by atoms with Gasteiger partial charge in [-0.2, -0.15) is 18.0 Å². The van der Waals surface area contributed by atoms with Crippen LogP contribution in [0.15, 0.2) is 73.1 Å². The van der Waals surface area contributed by atoms with Crippen molar-refractivity contribution in [3.05, 3.63) is 95.3 Å². The molecule has 2 atom stereocenters. The van der Waals surface area contributed by atoms with Gasteiger partial charge in [0.15, 0.2) is 17.2 Å². The van der Waals surface area contributed by atoms with Crippen molar-refractivity contribution in [3.63, 3.8) is 0 Å². The van der Waals surface area contributed by atoms with E-state index < -0.39 is 10.2 Å². The molecule has 39 heavy (non-hydrogen) atoms. The minimum Gasteiger partial charge on any atom is -0.338 e. The molecule has 1 aliphatic heterocycles. The van der Waals surface area contributed by atoms with Gasteiger partial charge in [-0.3, -0.25) is 9.59 Å². The van der Waals surface area contributed by atoms with Crippen molar-refractivity contribution in [2.45, 2.75) is 32.7 Å². The highest BCUT2D eigenvalue weighted by Crippen LogP contribution is 2.34. The largest absolute Gasteiger partial charge is 0.338 e. The molecule has 11 heteroatoms. The molecule has 2 aromatic carbocycles. The minimum atomic E-state index is -4.37. The summed E-state index contributed by atoms with van der Waals surface area (Å²) in [5.41, 5.74) is 2.29. The van der Waals surface area contributed by atoms with Crippen LogP contribution in [0.5, 0.6) is 0 Å². The van der Waals surface area contributed by atoms with Crippen LogP contribution >= 0.6 is 0 Å². The number of piperidine rings is 1. The third-order valence-electron chi connectivity index (χ3n) is 7.24. The topological polar surface area (TPSA) is 131 Å². The number of anilines is 1. The third-order valence-corrected chi connectivity index (χ3v) is 8.16. The fraction of sp³-hybridized carbons (Fsp3) is 0.286. The number of carbonyl (C=O) groups is 2. The number of nitrogens with zero attached hydrogens (tertiary/aromatic N) is 5. The molecule has 0 bridgehead atoms. The van der Waals surface area contributed by atoms with Gasteiger partial charge in [0.1, 0.15) is 5.56 Å². The second kappa shape index (κ2) is 10.6. The Kier molecular flexibility index (Phi) is 7.19. The van der Waals surface area contributed by atoms with E-state index in [-0.39, 0.29) is 46.7 Å². The van der Waals surface area contributed by atoms with E-state index in [1.54, 1.807) is 29.2 Å². The van der Waals surface area contributed by atoms with Crippen LogP contribution in [0.1, 0.15) is 58.0 Å². The molecule has 0 aliphatic carbocycles. The first-order valence-corrected chi connectivity index (χ1v) is 14.2. The fourth-order valence-electron chi connectivity index (χ4n) is 5.29. The zero-order valence-electron chi connectivity index (χ0n) is 21.8. The van der Waals surface area contributed by atoms with E-state index in [1.165, 1.54) is 29.4 Å². The molecule has 4 aromatic rings. The Bertz CT molecular complexity index is 1620. The molecule has 1 saturated heterocycles. The number of Topliss-reactive ketones (excluding diaryl/α,β-unsaturated/α-hetero) is 1. The first-order chi connectivity index (χ1) is 18.6. The Morgan fingerprint density at radius 1 is 1.03 bits per heavy atom. The number of amides is 1. The highest BCUT2D eigenvalue weighted by Gasteiger charge is 2.35. The highest BCUT2D eigenvalue weighted by atomic mass is 32.2. The predicted octanol–water partition coefficient (Wildman–Crippen LogP) is 3.41. The van der Waals surface area contributed by atoms with Crippen LogP contribution in [0.2, 0.25) is 0 Å². The van der Waals surface area contributed by atoms with E-state index in [1.807, 2.05) is 24.3 Å². The Morgan fingerprint density at radius 2 is 1.69 bits per heavy atom. The lowest BCUT2D eigenvalue weighted by Gasteiger charge is -2.37. The number of ketones is 1. The van der Waals surface area contributed by atoms with E-state index in [0.29, 0.717) is 24.6 Å². The number of benzene rings is 2. The maximum absolute atomic E-state index is 14.0. The normalized spacial score (nSPS) is 17.8. The van der Waals surface area contributed by atoms with Gasteiger partial charge in [-0.05, 0) is 36.3 Å². The maximum atomic E-state index is 14.0. The molecule has 3 heterocycles. The smallest absolute Gasteiger partial charge is 0.300 e. The predicted molar refractivity (Wildman–Crippen MR) is 148 cm³/mol. The summed E-state index contributed by atoms with van der Waals surface area (Å²) in [4.78, 5) is 32.3. The standard InChI is InChI=1S/C28H30N6O4S/c1-19-17-32(14-13-23(19)22-11-7-4-8-12-22)28(36)25-15-30-26-24(20(2)35)16-31-34(26)27(25)33(39(29,37)38)18-21-9-5-3-6-10-21/h3-12,15-16,19,23H,13-14,17-18H2,1-2H3,(H2,29,37,38). The average molecular weight is 547 g/mol. The number of hydrogen-bond donors (Lipinski definition) is 1. The quantitative estimate of drug-likeness (QED) is 0.354. The summed E-state index contributed by atoms with van der Waals surface area (Å²) >= 11 is 0. The van der Waals surface area contributed by atoms with Gasteiger partial charge >= 0.3 is 10.2 Å². The molecule has 1 fully saturated rings. The Balaban J connectivity index is 1.58. The van der Waals surface area contributed by atoms with Gasteiger partial charge in [-0.1, -0.05) is 67.6 Å². The number of carbonyl (C=O) groups excluding carboxylic acids is 2. The molecule has 0 saturated carbocycles. The van der Waals surface area contributed by atoms with Crippen molar-refractivity contribution in [1.29, 1.82) is 0 Å². The monoisotopic (exact) mass is 546 g/mol. The number of aromatic nitrogens is 3. The Labute approximate surface area is 227 Å². The maximum Gasteiger partial charge on any atom is 0.300 e. The summed E-state index contributed by atoms with van der Waals surface area (Å²) in [5, 5.41) is 9.99. The van der Waals surface area contributed by atoms with Gasteiger partial charge in [0.25, 0.3) is 5.91 Å². The molecule has 0 spiro atoms. The number of hydrogen-bond acceptors (Lipinski definition) is 6. The van der Waals surface area contributed by atoms with Crippen LogP contribution in [0, 0.1) is 5.92 Å². The van der Waals surface area contributed by atoms with Crippen molar-refractivity contribution in [2.24, 2.45) is 11.1 Å². The van der Waals surface area contributed by atoms with Crippen molar-refractivity contribution in [3.8, 4) is 0 Å². The second-order valence-corrected chi connectivity index (χ2v) is 11.4. The van der Waals surface area contributed by atoms with Gasteiger partial charge in [0, 0.05) is 19.3 Å². The lowest BCUT2D eigenvalue weighted by atomic mass is 9.81. The zero-order chi connectivity index (χ0) is 27.7. The molecule has 202 valence electrons. The Morgan fingerprint density at radius 3 is 2.31 bits per heavy atom. The van der Waals surface area contributed by atoms with Crippen LogP contribution in [0.4, 0.5) is 5.82 Å². The molecule has 2 N–H and O–H groups in total. The van der Waals surface area contributed by atoms with Gasteiger partial charge in [-0.15, -0.1) is 0 Å². The van der Waals surface area contributed by atoms with Crippen LogP contribution < -0.4 is 9.44 Å². The van der Waals surface area contributed by atoms with Crippen LogP contribution in [0.25, 0.3) is 5.65 Å². The van der Waals surface area contributed by atoms with Gasteiger partial charge in [-0.25, -0.2) is 14.4 Å². The molecule has 2 unspecified atom stereocenters. The Hall–Kier alpha value is -4.09. The van der Waals surface area contributed by atoms with Gasteiger partial charge in [0.2, 0.25) is 0 Å². The van der Waals surface area contributed by atoms with Crippen molar-refractivity contribution >= 4 is 33.4 Å². The first kappa shape index (κ1) is 26.5. The van der Waals surface area contributed by atoms with E-state index >= 15 is 0 Å². The second-order valence-electron chi connectivity index (χ2n) is 9.92. The number of likely N-dealkylation sites (tertiary alicyclic amines) is 1. The summed E-state index contributed by atoms with van der Waals surface area (Å²) in [7, 11) is -4.37. The van der Waals surface area contributed by atoms with E-state index in [9.17, 15) is 18.0 Å². The fourth-order valence-corrected chi connectivity index (χ4v) is 6.03. The zero-order valence-corrected chi connectivity index (χ0v) is 22.6. The van der Waals surface area contributed by atoms with Gasteiger partial charge < -0.3 is 4.90 Å². The van der Waals surface area contributed by atoms with Crippen molar-refractivity contribution < 1.29 is 18.0 Å². The molecule has 1 aliphatic rings. The summed E-state index contributed by atoms with van der Waals surface area (Å²) in [6, 6.07) is 19.1. The molecule has 1 amide bonds. The van der Waals surface area contributed by atoms with Crippen LogP contribution in [-0.2, 0) is 16.8 Å². The van der Waals surface area contributed by atoms with E-state index in [0.717, 1.165) is 10.7 Å². The van der Waals surface area contributed by atoms with E-state index in [4.69, 9.17) is 5.14 Å². The molecular weight excluding hydrogens is 516 g/mol. The number of fused-ring (bicyclic) bond motifs is 1. The van der Waals surface area contributed by atoms with Gasteiger partial charge in [0.05, 0.1) is 18.3 Å². The van der Waals surface area contributed by atoms with Crippen molar-refractivity contribution in [1.82, 2.24) is 19.5 Å². The number of nitrogens with two attached hydrogens (primary N) is 1. The average Bonchev–Trinajstić information content (AvgIpc) is 3.36. The summed E-state index contributed by atoms with van der Waals surface area (Å²) in [5.74, 6) is -0.234. The minimum absolute atomic E-state index is 0.0380. The summed E-state index contributed by atoms with van der Waals surface area (Å²) < 4.78 is 28.1. The summed E-state index contributed by atoms with van der Waals surface area (Å²) in [6.07, 6.45) is 3.40. The lowest BCUT2D eigenvalue weighted by molar-refractivity contribution is 0.0660. The van der Waals surface area contributed by atoms with Crippen molar-refractivity contribution in [2.75, 3.05) is 17.4 Å². The molecular formula is C28H30N6O4S. The van der Waals surface area contributed by atoms with Crippen LogP contribution in [0.3, 0.4) is 0 Å². The van der Waals surface area contributed by atoms with E-state index in [2.05, 4.69) is 29.1 Å². The highest BCUT2D eigenvalue weighted by molar-refractivity contribution is 7.90. The molecule has 5 rings (SSSR count). The van der Waals surface area contributed by atoms with Crippen LogP contribution in [-0.4, -0.2) is 52.7 Å².